The summed E-state index contributed by atoms with van der Waals surface area (Å²) in [6.07, 6.45) is 2.85. The zero-order chi connectivity index (χ0) is 13.1. The number of carbonyl (C=O) groups excluding carboxylic acids is 1. The highest BCUT2D eigenvalue weighted by molar-refractivity contribution is 5.95. The van der Waals surface area contributed by atoms with Gasteiger partial charge in [-0.1, -0.05) is 12.1 Å². The molecule has 0 aliphatic rings. The van der Waals surface area contributed by atoms with Gasteiger partial charge in [-0.25, -0.2) is 0 Å². The predicted octanol–water partition coefficient (Wildman–Crippen LogP) is 1.02. The van der Waals surface area contributed by atoms with E-state index in [9.17, 15) is 4.79 Å². The number of carbonyl (C=O) groups is 1. The lowest BCUT2D eigenvalue weighted by Gasteiger charge is -2.01. The highest BCUT2D eigenvalue weighted by Gasteiger charge is 2.15. The van der Waals surface area contributed by atoms with Crippen molar-refractivity contribution in [3.8, 4) is 0 Å². The molecule has 0 saturated heterocycles. The Bertz CT molecular complexity index is 555. The molecule has 6 heteroatoms. The van der Waals surface area contributed by atoms with Crippen molar-refractivity contribution in [3.05, 3.63) is 29.3 Å². The molecule has 2 aromatic heterocycles. The van der Waals surface area contributed by atoms with Crippen molar-refractivity contribution >= 4 is 5.78 Å². The van der Waals surface area contributed by atoms with Gasteiger partial charge in [-0.2, -0.15) is 5.10 Å². The van der Waals surface area contributed by atoms with Crippen LogP contribution in [0.2, 0.25) is 0 Å². The van der Waals surface area contributed by atoms with Crippen LogP contribution in [0.25, 0.3) is 0 Å². The number of hydrogen-bond acceptors (Lipinski definition) is 4. The number of aromatic nitrogens is 5. The Morgan fingerprint density at radius 2 is 2.11 bits per heavy atom. The standard InChI is InChI=1S/C12H17N5O/c1-4-9-6-11(17(5-2)14-9)12(18)7-10-8-16(3)15-13-10/h6,8H,4-5,7H2,1-3H3. The predicted molar refractivity (Wildman–Crippen MR) is 66.3 cm³/mol. The van der Waals surface area contributed by atoms with Crippen molar-refractivity contribution in [2.24, 2.45) is 7.05 Å². The first-order valence-corrected chi connectivity index (χ1v) is 6.09. The van der Waals surface area contributed by atoms with Crippen LogP contribution in [0.5, 0.6) is 0 Å². The molecule has 0 aliphatic heterocycles. The van der Waals surface area contributed by atoms with Crippen LogP contribution in [-0.4, -0.2) is 30.6 Å². The SMILES string of the molecule is CCc1cc(C(=O)Cc2cn(C)nn2)n(CC)n1. The number of hydrogen-bond donors (Lipinski definition) is 0. The molecule has 2 heterocycles. The molecular formula is C12H17N5O. The molecule has 0 spiro atoms. The topological polar surface area (TPSA) is 65.6 Å². The monoisotopic (exact) mass is 247 g/mol. The summed E-state index contributed by atoms with van der Waals surface area (Å²) in [5, 5.41) is 12.1. The maximum absolute atomic E-state index is 12.2. The first kappa shape index (κ1) is 12.5. The van der Waals surface area contributed by atoms with Gasteiger partial charge < -0.3 is 0 Å². The van der Waals surface area contributed by atoms with Crippen LogP contribution in [0.1, 0.15) is 35.7 Å². The number of rotatable bonds is 5. The second kappa shape index (κ2) is 5.12. The largest absolute Gasteiger partial charge is 0.292 e. The molecule has 0 bridgehead atoms. The molecule has 0 unspecified atom stereocenters. The van der Waals surface area contributed by atoms with Crippen LogP contribution in [0.15, 0.2) is 12.3 Å². The van der Waals surface area contributed by atoms with Gasteiger partial charge >= 0.3 is 0 Å². The quantitative estimate of drug-likeness (QED) is 0.740. The summed E-state index contributed by atoms with van der Waals surface area (Å²) in [4.78, 5) is 12.2. The number of Topliss-reactive ketones (excluding diaryl/α,β-unsaturated/α-hetero) is 1. The third kappa shape index (κ3) is 2.47. The smallest absolute Gasteiger partial charge is 0.186 e. The maximum atomic E-state index is 12.2. The van der Waals surface area contributed by atoms with E-state index in [-0.39, 0.29) is 12.2 Å². The van der Waals surface area contributed by atoms with E-state index in [1.807, 2.05) is 19.9 Å². The molecule has 6 nitrogen and oxygen atoms in total. The lowest BCUT2D eigenvalue weighted by molar-refractivity contribution is 0.0981. The molecule has 0 aromatic carbocycles. The van der Waals surface area contributed by atoms with Gasteiger partial charge in [0.25, 0.3) is 0 Å². The highest BCUT2D eigenvalue weighted by atomic mass is 16.1. The van der Waals surface area contributed by atoms with Crippen molar-refractivity contribution < 1.29 is 4.79 Å². The highest BCUT2D eigenvalue weighted by Crippen LogP contribution is 2.09. The van der Waals surface area contributed by atoms with Crippen LogP contribution in [0.4, 0.5) is 0 Å². The zero-order valence-electron chi connectivity index (χ0n) is 10.9. The molecular weight excluding hydrogens is 230 g/mol. The summed E-state index contributed by atoms with van der Waals surface area (Å²) in [6.45, 7) is 4.70. The van der Waals surface area contributed by atoms with Gasteiger partial charge in [0.2, 0.25) is 0 Å². The summed E-state index contributed by atoms with van der Waals surface area (Å²) in [5.41, 5.74) is 2.28. The summed E-state index contributed by atoms with van der Waals surface area (Å²) in [6, 6.07) is 1.86. The molecule has 0 aliphatic carbocycles. The molecule has 2 aromatic rings. The Balaban J connectivity index is 2.20. The van der Waals surface area contributed by atoms with Crippen molar-refractivity contribution in [3.63, 3.8) is 0 Å². The molecule has 0 radical (unpaired) electrons. The van der Waals surface area contributed by atoms with Gasteiger partial charge in [-0.3, -0.25) is 14.2 Å². The Morgan fingerprint density at radius 1 is 1.33 bits per heavy atom. The number of nitrogens with zero attached hydrogens (tertiary/aromatic N) is 5. The molecule has 0 fully saturated rings. The van der Waals surface area contributed by atoms with Gasteiger partial charge in [-0.05, 0) is 19.4 Å². The lowest BCUT2D eigenvalue weighted by Crippen LogP contribution is -2.11. The molecule has 0 N–H and O–H groups in total. The maximum Gasteiger partial charge on any atom is 0.186 e. The third-order valence-electron chi connectivity index (χ3n) is 2.77. The minimum atomic E-state index is 0.0320. The van der Waals surface area contributed by atoms with E-state index in [0.717, 1.165) is 12.1 Å². The van der Waals surface area contributed by atoms with Crippen molar-refractivity contribution in [1.29, 1.82) is 0 Å². The van der Waals surface area contributed by atoms with E-state index in [1.54, 1.807) is 22.6 Å². The van der Waals surface area contributed by atoms with Gasteiger partial charge in [0, 0.05) is 19.8 Å². The Hall–Kier alpha value is -1.98. The van der Waals surface area contributed by atoms with Gasteiger partial charge in [0.05, 0.1) is 17.8 Å². The van der Waals surface area contributed by atoms with Gasteiger partial charge in [-0.15, -0.1) is 5.10 Å². The van der Waals surface area contributed by atoms with Crippen LogP contribution < -0.4 is 0 Å². The summed E-state index contributed by atoms with van der Waals surface area (Å²) in [5.74, 6) is 0.0320. The molecule has 2 rings (SSSR count). The van der Waals surface area contributed by atoms with Gasteiger partial charge in [0.1, 0.15) is 5.69 Å². The molecule has 96 valence electrons. The van der Waals surface area contributed by atoms with Crippen LogP contribution in [0.3, 0.4) is 0 Å². The fourth-order valence-corrected chi connectivity index (χ4v) is 1.84. The molecule has 0 amide bonds. The Labute approximate surface area is 106 Å². The van der Waals surface area contributed by atoms with Crippen LogP contribution in [-0.2, 0) is 26.4 Å². The van der Waals surface area contributed by atoms with E-state index < -0.39 is 0 Å². The van der Waals surface area contributed by atoms with Crippen molar-refractivity contribution in [1.82, 2.24) is 24.8 Å². The Morgan fingerprint density at radius 3 is 2.67 bits per heavy atom. The molecule has 0 atom stereocenters. The van der Waals surface area contributed by atoms with Crippen LogP contribution >= 0.6 is 0 Å². The van der Waals surface area contributed by atoms with Crippen LogP contribution in [0, 0.1) is 0 Å². The lowest BCUT2D eigenvalue weighted by atomic mass is 10.1. The van der Waals surface area contributed by atoms with E-state index in [1.165, 1.54) is 0 Å². The Kier molecular flexibility index (Phi) is 3.55. The van der Waals surface area contributed by atoms with Crippen molar-refractivity contribution in [2.75, 3.05) is 0 Å². The normalized spacial score (nSPS) is 10.8. The minimum absolute atomic E-state index is 0.0320. The fraction of sp³-hybridized carbons (Fsp3) is 0.500. The van der Waals surface area contributed by atoms with E-state index in [4.69, 9.17) is 0 Å². The summed E-state index contributed by atoms with van der Waals surface area (Å²) in [7, 11) is 1.78. The second-order valence-electron chi connectivity index (χ2n) is 4.17. The summed E-state index contributed by atoms with van der Waals surface area (Å²) >= 11 is 0. The first-order valence-electron chi connectivity index (χ1n) is 6.09. The molecule has 0 saturated carbocycles. The molecule has 18 heavy (non-hydrogen) atoms. The third-order valence-corrected chi connectivity index (χ3v) is 2.77. The fourth-order valence-electron chi connectivity index (χ4n) is 1.84. The number of aryl methyl sites for hydroxylation is 3. The van der Waals surface area contributed by atoms with E-state index in [0.29, 0.717) is 17.9 Å². The summed E-state index contributed by atoms with van der Waals surface area (Å²) < 4.78 is 3.34. The van der Waals surface area contributed by atoms with E-state index >= 15 is 0 Å². The van der Waals surface area contributed by atoms with Crippen molar-refractivity contribution in [2.45, 2.75) is 33.2 Å². The second-order valence-corrected chi connectivity index (χ2v) is 4.17. The number of ketones is 1. The zero-order valence-corrected chi connectivity index (χ0v) is 10.9. The minimum Gasteiger partial charge on any atom is -0.292 e. The average Bonchev–Trinajstić information content (AvgIpc) is 2.95. The van der Waals surface area contributed by atoms with Gasteiger partial charge in [0.15, 0.2) is 5.78 Å². The average molecular weight is 247 g/mol. The first-order chi connectivity index (χ1) is 8.63. The van der Waals surface area contributed by atoms with E-state index in [2.05, 4.69) is 15.4 Å².